The van der Waals surface area contributed by atoms with Gasteiger partial charge in [0.25, 0.3) is 5.92 Å². The van der Waals surface area contributed by atoms with E-state index in [2.05, 4.69) is 11.6 Å². The second kappa shape index (κ2) is 3.67. The number of hydrogen-bond acceptors (Lipinski definition) is 0. The minimum Gasteiger partial charge on any atom is -0.223 e. The summed E-state index contributed by atoms with van der Waals surface area (Å²) in [5.74, 6) is -5.06. The van der Waals surface area contributed by atoms with Crippen molar-refractivity contribution in [2.75, 3.05) is 5.88 Å². The molecule has 0 saturated carbocycles. The van der Waals surface area contributed by atoms with Crippen molar-refractivity contribution in [1.82, 2.24) is 0 Å². The van der Waals surface area contributed by atoms with Crippen LogP contribution in [0, 0.1) is 5.92 Å². The van der Waals surface area contributed by atoms with Gasteiger partial charge in [0.05, 0.1) is 0 Å². The molecule has 0 aromatic rings. The average molecular weight is 195 g/mol. The van der Waals surface area contributed by atoms with E-state index in [0.717, 1.165) is 6.92 Å². The fraction of sp³-hybridized carbons (Fsp3) is 1.00. The minimum absolute atomic E-state index is 0.305. The van der Waals surface area contributed by atoms with E-state index in [0.29, 0.717) is 0 Å². The second-order valence-electron chi connectivity index (χ2n) is 2.03. The Balaban J connectivity index is 4.09. The molecular weight excluding hydrogens is 188 g/mol. The van der Waals surface area contributed by atoms with Gasteiger partial charge < -0.3 is 0 Å². The van der Waals surface area contributed by atoms with Crippen LogP contribution in [0.1, 0.15) is 6.92 Å². The van der Waals surface area contributed by atoms with Crippen LogP contribution >= 0.6 is 23.2 Å². The number of hydrogen-bond donors (Lipinski definition) is 0. The summed E-state index contributed by atoms with van der Waals surface area (Å²) in [5.41, 5.74) is -2.65. The standard InChI is InChI=1S/C5H7Cl2F3/c1-3(2-6)5(9,10)4(7)8/h3-4H,2H2,1H3. The Morgan fingerprint density at radius 1 is 1.50 bits per heavy atom. The monoisotopic (exact) mass is 194 g/mol. The molecule has 2 atom stereocenters. The summed E-state index contributed by atoms with van der Waals surface area (Å²) in [6.45, 7) is 1.14. The zero-order valence-corrected chi connectivity index (χ0v) is 6.76. The quantitative estimate of drug-likeness (QED) is 0.607. The summed E-state index contributed by atoms with van der Waals surface area (Å²) < 4.78 is 36.6. The zero-order chi connectivity index (χ0) is 8.36. The first-order chi connectivity index (χ1) is 4.42. The van der Waals surface area contributed by atoms with Crippen LogP contribution in [0.5, 0.6) is 0 Å². The maximum atomic E-state index is 12.3. The van der Waals surface area contributed by atoms with Crippen LogP contribution in [0.4, 0.5) is 13.2 Å². The van der Waals surface area contributed by atoms with Crippen molar-refractivity contribution >= 4 is 23.2 Å². The summed E-state index contributed by atoms with van der Waals surface area (Å²) in [6.07, 6.45) is 0. The lowest BCUT2D eigenvalue weighted by Crippen LogP contribution is -2.34. The molecule has 0 aromatic heterocycles. The summed E-state index contributed by atoms with van der Waals surface area (Å²) in [4.78, 5) is 0. The van der Waals surface area contributed by atoms with E-state index in [1.165, 1.54) is 0 Å². The van der Waals surface area contributed by atoms with Crippen LogP contribution in [0.3, 0.4) is 0 Å². The van der Waals surface area contributed by atoms with E-state index >= 15 is 0 Å². The highest BCUT2D eigenvalue weighted by Crippen LogP contribution is 2.32. The molecule has 62 valence electrons. The minimum atomic E-state index is -3.52. The number of halogens is 5. The van der Waals surface area contributed by atoms with E-state index in [1.54, 1.807) is 0 Å². The van der Waals surface area contributed by atoms with Crippen molar-refractivity contribution in [3.63, 3.8) is 0 Å². The molecule has 0 heterocycles. The molecule has 5 heteroatoms. The summed E-state index contributed by atoms with van der Waals surface area (Å²) in [6, 6.07) is 0. The molecule has 2 unspecified atom stereocenters. The van der Waals surface area contributed by atoms with Crippen LogP contribution in [0.2, 0.25) is 0 Å². The Kier molecular flexibility index (Phi) is 3.81. The molecule has 0 bridgehead atoms. The summed E-state index contributed by atoms with van der Waals surface area (Å²) in [5, 5.41) is 0. The lowest BCUT2D eigenvalue weighted by Gasteiger charge is -2.21. The smallest absolute Gasteiger partial charge is 0.223 e. The van der Waals surface area contributed by atoms with E-state index in [9.17, 15) is 13.2 Å². The second-order valence-corrected chi connectivity index (χ2v) is 2.72. The Morgan fingerprint density at radius 2 is 1.90 bits per heavy atom. The molecule has 0 aliphatic rings. The molecule has 10 heavy (non-hydrogen) atoms. The zero-order valence-electron chi connectivity index (χ0n) is 5.25. The predicted molar refractivity (Wildman–Crippen MR) is 35.6 cm³/mol. The molecule has 0 N–H and O–H groups in total. The van der Waals surface area contributed by atoms with Crippen molar-refractivity contribution in [3.05, 3.63) is 0 Å². The first-order valence-electron chi connectivity index (χ1n) is 2.64. The van der Waals surface area contributed by atoms with Gasteiger partial charge in [0.15, 0.2) is 0 Å². The molecule has 0 nitrogen and oxygen atoms in total. The molecule has 0 fully saturated rings. The third-order valence-electron chi connectivity index (χ3n) is 1.18. The lowest BCUT2D eigenvalue weighted by atomic mass is 10.1. The average Bonchev–Trinajstić information content (AvgIpc) is 1.86. The number of alkyl halides is 5. The van der Waals surface area contributed by atoms with E-state index in [4.69, 9.17) is 11.6 Å². The van der Waals surface area contributed by atoms with Crippen molar-refractivity contribution in [2.24, 2.45) is 5.92 Å². The Hall–Kier alpha value is 0.370. The molecule has 0 saturated heterocycles. The van der Waals surface area contributed by atoms with Crippen LogP contribution in [0.15, 0.2) is 0 Å². The van der Waals surface area contributed by atoms with Gasteiger partial charge in [-0.25, -0.2) is 13.2 Å². The van der Waals surface area contributed by atoms with Crippen molar-refractivity contribution < 1.29 is 13.2 Å². The fourth-order valence-electron chi connectivity index (χ4n) is 0.318. The summed E-state index contributed by atoms with van der Waals surface area (Å²) >= 11 is 9.64. The van der Waals surface area contributed by atoms with Crippen LogP contribution in [-0.4, -0.2) is 17.4 Å². The van der Waals surface area contributed by atoms with Gasteiger partial charge in [-0.2, -0.15) is 0 Å². The Bertz CT molecular complexity index is 105. The van der Waals surface area contributed by atoms with Crippen molar-refractivity contribution in [1.29, 1.82) is 0 Å². The molecule has 0 spiro atoms. The largest absolute Gasteiger partial charge is 0.296 e. The van der Waals surface area contributed by atoms with E-state index < -0.39 is 17.5 Å². The van der Waals surface area contributed by atoms with Crippen LogP contribution in [0.25, 0.3) is 0 Å². The predicted octanol–water partition coefficient (Wildman–Crippen LogP) is 3.03. The van der Waals surface area contributed by atoms with Crippen LogP contribution in [-0.2, 0) is 0 Å². The Labute approximate surface area is 67.3 Å². The van der Waals surface area contributed by atoms with Gasteiger partial charge in [0.2, 0.25) is 5.63 Å². The molecule has 0 aliphatic carbocycles. The fourth-order valence-corrected chi connectivity index (χ4v) is 0.739. The van der Waals surface area contributed by atoms with Crippen molar-refractivity contribution in [2.45, 2.75) is 18.5 Å². The van der Waals surface area contributed by atoms with Gasteiger partial charge in [-0.3, -0.25) is 0 Å². The van der Waals surface area contributed by atoms with Gasteiger partial charge >= 0.3 is 0 Å². The van der Waals surface area contributed by atoms with Crippen LogP contribution < -0.4 is 0 Å². The van der Waals surface area contributed by atoms with Gasteiger partial charge in [-0.1, -0.05) is 18.5 Å². The first kappa shape index (κ1) is 10.4. The maximum absolute atomic E-state index is 12.3. The third kappa shape index (κ3) is 2.20. The molecule has 0 radical (unpaired) electrons. The lowest BCUT2D eigenvalue weighted by molar-refractivity contribution is -0.0785. The van der Waals surface area contributed by atoms with E-state index in [-0.39, 0.29) is 5.88 Å². The topological polar surface area (TPSA) is 0 Å². The Morgan fingerprint density at radius 3 is 2.00 bits per heavy atom. The van der Waals surface area contributed by atoms with Gasteiger partial charge in [-0.05, 0) is 0 Å². The highest BCUT2D eigenvalue weighted by molar-refractivity contribution is 6.20. The third-order valence-corrected chi connectivity index (χ3v) is 1.93. The van der Waals surface area contributed by atoms with Gasteiger partial charge in [0, 0.05) is 11.8 Å². The van der Waals surface area contributed by atoms with Crippen molar-refractivity contribution in [3.8, 4) is 0 Å². The SMILES string of the molecule is CC(CCl)C(F)(F)C(F)Cl. The molecule has 0 amide bonds. The number of rotatable bonds is 3. The molecular formula is C5H7Cl2F3. The van der Waals surface area contributed by atoms with E-state index in [1.807, 2.05) is 0 Å². The first-order valence-corrected chi connectivity index (χ1v) is 3.62. The molecule has 0 aliphatic heterocycles. The normalized spacial score (nSPS) is 18.6. The summed E-state index contributed by atoms with van der Waals surface area (Å²) in [7, 11) is 0. The molecule has 0 aromatic carbocycles. The highest BCUT2D eigenvalue weighted by Gasteiger charge is 2.43. The molecule has 0 rings (SSSR count). The van der Waals surface area contributed by atoms with Gasteiger partial charge in [-0.15, -0.1) is 11.6 Å². The maximum Gasteiger partial charge on any atom is 0.296 e. The van der Waals surface area contributed by atoms with Gasteiger partial charge in [0.1, 0.15) is 0 Å². The highest BCUT2D eigenvalue weighted by atomic mass is 35.5.